The highest BCUT2D eigenvalue weighted by atomic mass is 15.2. The van der Waals surface area contributed by atoms with Crippen molar-refractivity contribution in [2.75, 3.05) is 12.3 Å². The normalized spacial score (nSPS) is 16.9. The summed E-state index contributed by atoms with van der Waals surface area (Å²) >= 11 is 0. The fourth-order valence-electron chi connectivity index (χ4n) is 2.87. The lowest BCUT2D eigenvalue weighted by atomic mass is 10.1. The highest BCUT2D eigenvalue weighted by molar-refractivity contribution is 5.37. The summed E-state index contributed by atoms with van der Waals surface area (Å²) in [6.45, 7) is 6.67. The van der Waals surface area contributed by atoms with Gasteiger partial charge in [0.1, 0.15) is 0 Å². The average molecular weight is 247 g/mol. The molecule has 1 aromatic heterocycles. The maximum atomic E-state index is 5.83. The van der Waals surface area contributed by atoms with Crippen LogP contribution in [0.25, 0.3) is 0 Å². The Morgan fingerprint density at radius 1 is 1.39 bits per heavy atom. The number of nitrogens with zero attached hydrogens (tertiary/aromatic N) is 2. The molecule has 3 nitrogen and oxygen atoms in total. The number of nitrogen functional groups attached to an aromatic ring is 1. The van der Waals surface area contributed by atoms with Gasteiger partial charge in [0, 0.05) is 31.0 Å². The number of anilines is 1. The lowest BCUT2D eigenvalue weighted by Crippen LogP contribution is -2.35. The van der Waals surface area contributed by atoms with Crippen molar-refractivity contribution in [1.82, 2.24) is 9.88 Å². The zero-order valence-electron chi connectivity index (χ0n) is 11.6. The Hall–Kier alpha value is -1.09. The molecular weight excluding hydrogens is 222 g/mol. The van der Waals surface area contributed by atoms with Crippen LogP contribution in [0.3, 0.4) is 0 Å². The molecule has 1 aromatic rings. The van der Waals surface area contributed by atoms with Gasteiger partial charge in [0.25, 0.3) is 0 Å². The molecule has 0 spiro atoms. The van der Waals surface area contributed by atoms with Crippen molar-refractivity contribution >= 4 is 5.69 Å². The number of nitrogens with two attached hydrogens (primary N) is 1. The van der Waals surface area contributed by atoms with E-state index in [-0.39, 0.29) is 0 Å². The van der Waals surface area contributed by atoms with E-state index in [1.54, 1.807) is 0 Å². The van der Waals surface area contributed by atoms with Crippen molar-refractivity contribution in [3.63, 3.8) is 0 Å². The van der Waals surface area contributed by atoms with Crippen molar-refractivity contribution < 1.29 is 0 Å². The van der Waals surface area contributed by atoms with Gasteiger partial charge in [0.15, 0.2) is 0 Å². The van der Waals surface area contributed by atoms with E-state index in [1.807, 2.05) is 18.3 Å². The first kappa shape index (κ1) is 13.3. The third-order valence-corrected chi connectivity index (χ3v) is 3.65. The predicted octanol–water partition coefficient (Wildman–Crippen LogP) is 3.06. The molecule has 0 amide bonds. The molecule has 1 heterocycles. The molecule has 0 aromatic carbocycles. The molecule has 0 aliphatic heterocycles. The van der Waals surface area contributed by atoms with E-state index < -0.39 is 0 Å². The summed E-state index contributed by atoms with van der Waals surface area (Å²) in [5.41, 5.74) is 7.75. The van der Waals surface area contributed by atoms with Crippen LogP contribution in [-0.4, -0.2) is 22.5 Å². The Morgan fingerprint density at radius 2 is 2.11 bits per heavy atom. The Kier molecular flexibility index (Phi) is 4.59. The minimum atomic E-state index is 0.701. The second-order valence-corrected chi connectivity index (χ2v) is 5.84. The van der Waals surface area contributed by atoms with Gasteiger partial charge in [-0.25, -0.2) is 0 Å². The van der Waals surface area contributed by atoms with Crippen LogP contribution in [0.1, 0.15) is 45.2 Å². The molecule has 2 rings (SSSR count). The van der Waals surface area contributed by atoms with Crippen molar-refractivity contribution in [2.45, 2.75) is 52.1 Å². The lowest BCUT2D eigenvalue weighted by molar-refractivity contribution is 0.166. The van der Waals surface area contributed by atoms with Crippen LogP contribution < -0.4 is 5.73 Å². The zero-order chi connectivity index (χ0) is 13.0. The molecular formula is C15H25N3. The first-order valence-electron chi connectivity index (χ1n) is 7.09. The smallest absolute Gasteiger partial charge is 0.0564 e. The minimum absolute atomic E-state index is 0.701. The van der Waals surface area contributed by atoms with Crippen LogP contribution in [0.5, 0.6) is 0 Å². The molecule has 1 aliphatic rings. The molecule has 0 bridgehead atoms. The SMILES string of the molecule is CC(C)CN(Cc1cc(N)ccn1)C1CCCC1. The summed E-state index contributed by atoms with van der Waals surface area (Å²) in [5, 5.41) is 0. The van der Waals surface area contributed by atoms with Crippen molar-refractivity contribution in [2.24, 2.45) is 5.92 Å². The van der Waals surface area contributed by atoms with Gasteiger partial charge in [-0.05, 0) is 30.9 Å². The second kappa shape index (κ2) is 6.19. The monoisotopic (exact) mass is 247 g/mol. The van der Waals surface area contributed by atoms with Gasteiger partial charge in [-0.2, -0.15) is 0 Å². The third kappa shape index (κ3) is 3.70. The van der Waals surface area contributed by atoms with Crippen LogP contribution in [0.15, 0.2) is 18.3 Å². The molecule has 1 saturated carbocycles. The molecule has 0 atom stereocenters. The predicted molar refractivity (Wildman–Crippen MR) is 76.2 cm³/mol. The van der Waals surface area contributed by atoms with Gasteiger partial charge in [0.2, 0.25) is 0 Å². The van der Waals surface area contributed by atoms with E-state index >= 15 is 0 Å². The molecule has 3 heteroatoms. The number of hydrogen-bond acceptors (Lipinski definition) is 3. The van der Waals surface area contributed by atoms with Crippen LogP contribution >= 0.6 is 0 Å². The summed E-state index contributed by atoms with van der Waals surface area (Å²) in [6, 6.07) is 4.60. The Balaban J connectivity index is 2.04. The third-order valence-electron chi connectivity index (χ3n) is 3.65. The average Bonchev–Trinajstić information content (AvgIpc) is 2.80. The van der Waals surface area contributed by atoms with E-state index in [4.69, 9.17) is 5.73 Å². The molecule has 0 saturated heterocycles. The van der Waals surface area contributed by atoms with Crippen molar-refractivity contribution in [3.05, 3.63) is 24.0 Å². The highest BCUT2D eigenvalue weighted by Crippen LogP contribution is 2.25. The van der Waals surface area contributed by atoms with E-state index in [0.29, 0.717) is 5.92 Å². The largest absolute Gasteiger partial charge is 0.399 e. The topological polar surface area (TPSA) is 42.1 Å². The molecule has 0 radical (unpaired) electrons. The van der Waals surface area contributed by atoms with Crippen molar-refractivity contribution in [3.8, 4) is 0 Å². The standard InChI is InChI=1S/C15H25N3/c1-12(2)10-18(15-5-3-4-6-15)11-14-9-13(16)7-8-17-14/h7-9,12,15H,3-6,10-11H2,1-2H3,(H2,16,17). The number of aromatic nitrogens is 1. The quantitative estimate of drug-likeness (QED) is 0.869. The molecule has 18 heavy (non-hydrogen) atoms. The zero-order valence-corrected chi connectivity index (χ0v) is 11.6. The molecule has 1 aliphatic carbocycles. The van der Waals surface area contributed by atoms with Gasteiger partial charge in [-0.3, -0.25) is 9.88 Å². The van der Waals surface area contributed by atoms with Gasteiger partial charge >= 0.3 is 0 Å². The fourth-order valence-corrected chi connectivity index (χ4v) is 2.87. The Bertz CT molecular complexity index is 370. The summed E-state index contributed by atoms with van der Waals surface area (Å²) < 4.78 is 0. The minimum Gasteiger partial charge on any atom is -0.399 e. The first-order chi connectivity index (χ1) is 8.65. The van der Waals surface area contributed by atoms with Crippen LogP contribution in [0.4, 0.5) is 5.69 Å². The maximum absolute atomic E-state index is 5.83. The highest BCUT2D eigenvalue weighted by Gasteiger charge is 2.23. The summed E-state index contributed by atoms with van der Waals surface area (Å²) in [4.78, 5) is 7.03. The first-order valence-corrected chi connectivity index (χ1v) is 7.09. The van der Waals surface area contributed by atoms with E-state index in [1.165, 1.54) is 25.7 Å². The molecule has 0 unspecified atom stereocenters. The Labute approximate surface area is 110 Å². The Morgan fingerprint density at radius 3 is 2.72 bits per heavy atom. The molecule has 100 valence electrons. The number of pyridine rings is 1. The van der Waals surface area contributed by atoms with Gasteiger partial charge in [-0.15, -0.1) is 0 Å². The number of hydrogen-bond donors (Lipinski definition) is 1. The summed E-state index contributed by atoms with van der Waals surface area (Å²) in [7, 11) is 0. The lowest BCUT2D eigenvalue weighted by Gasteiger charge is -2.30. The van der Waals surface area contributed by atoms with Gasteiger partial charge in [-0.1, -0.05) is 26.7 Å². The number of rotatable bonds is 5. The van der Waals surface area contributed by atoms with E-state index in [9.17, 15) is 0 Å². The van der Waals surface area contributed by atoms with Crippen LogP contribution in [0, 0.1) is 5.92 Å². The molecule has 2 N–H and O–H groups in total. The van der Waals surface area contributed by atoms with Gasteiger partial charge < -0.3 is 5.73 Å². The van der Waals surface area contributed by atoms with Crippen LogP contribution in [-0.2, 0) is 6.54 Å². The second-order valence-electron chi connectivity index (χ2n) is 5.84. The maximum Gasteiger partial charge on any atom is 0.0564 e. The van der Waals surface area contributed by atoms with E-state index in [0.717, 1.165) is 30.5 Å². The summed E-state index contributed by atoms with van der Waals surface area (Å²) in [6.07, 6.45) is 7.25. The fraction of sp³-hybridized carbons (Fsp3) is 0.667. The molecule has 1 fully saturated rings. The van der Waals surface area contributed by atoms with E-state index in [2.05, 4.69) is 23.7 Å². The van der Waals surface area contributed by atoms with Crippen LogP contribution in [0.2, 0.25) is 0 Å². The summed E-state index contributed by atoms with van der Waals surface area (Å²) in [5.74, 6) is 0.701. The van der Waals surface area contributed by atoms with Crippen molar-refractivity contribution in [1.29, 1.82) is 0 Å². The van der Waals surface area contributed by atoms with Gasteiger partial charge in [0.05, 0.1) is 5.69 Å².